The topological polar surface area (TPSA) is 106 Å². The van der Waals surface area contributed by atoms with Crippen molar-refractivity contribution in [1.82, 2.24) is 4.72 Å². The first kappa shape index (κ1) is 16.9. The van der Waals surface area contributed by atoms with E-state index in [1.807, 2.05) is 0 Å². The molecule has 3 N–H and O–H groups in total. The van der Waals surface area contributed by atoms with Crippen molar-refractivity contribution in [2.24, 2.45) is 5.14 Å². The molecule has 0 unspecified atom stereocenters. The number of sulfonamides is 2. The van der Waals surface area contributed by atoms with E-state index in [1.165, 1.54) is 48.5 Å². The van der Waals surface area contributed by atoms with E-state index in [-0.39, 0.29) is 16.3 Å². The van der Waals surface area contributed by atoms with Crippen LogP contribution in [0.3, 0.4) is 0 Å². The first-order valence-corrected chi connectivity index (χ1v) is 9.46. The molecule has 0 bridgehead atoms. The van der Waals surface area contributed by atoms with Crippen LogP contribution >= 0.6 is 11.6 Å². The smallest absolute Gasteiger partial charge is 0.225 e. The Kier molecular flexibility index (Phi) is 4.88. The average molecular weight is 361 g/mol. The predicted octanol–water partition coefficient (Wildman–Crippen LogP) is 1.47. The molecule has 0 amide bonds. The first-order valence-electron chi connectivity index (χ1n) is 6.05. The summed E-state index contributed by atoms with van der Waals surface area (Å²) in [6.45, 7) is 0.0237. The van der Waals surface area contributed by atoms with Gasteiger partial charge in [-0.3, -0.25) is 0 Å². The van der Waals surface area contributed by atoms with Gasteiger partial charge in [0.1, 0.15) is 0 Å². The summed E-state index contributed by atoms with van der Waals surface area (Å²) < 4.78 is 48.8. The third-order valence-corrected chi connectivity index (χ3v) is 5.44. The van der Waals surface area contributed by atoms with Crippen molar-refractivity contribution >= 4 is 31.6 Å². The van der Waals surface area contributed by atoms with E-state index in [0.717, 1.165) is 0 Å². The summed E-state index contributed by atoms with van der Waals surface area (Å²) in [6, 6.07) is 11.4. The second-order valence-corrected chi connectivity index (χ2v) is 8.23. The maximum atomic E-state index is 12.1. The van der Waals surface area contributed by atoms with Crippen LogP contribution in [0.4, 0.5) is 0 Å². The number of nitrogens with one attached hydrogen (secondary N) is 1. The molecule has 0 saturated heterocycles. The Morgan fingerprint density at radius 3 is 1.86 bits per heavy atom. The second-order valence-electron chi connectivity index (χ2n) is 4.47. The number of hydrogen-bond acceptors (Lipinski definition) is 4. The number of benzene rings is 2. The maximum Gasteiger partial charge on any atom is 0.240 e. The van der Waals surface area contributed by atoms with Gasteiger partial charge in [0, 0.05) is 11.6 Å². The largest absolute Gasteiger partial charge is 0.240 e. The van der Waals surface area contributed by atoms with Crippen molar-refractivity contribution in [1.29, 1.82) is 0 Å². The van der Waals surface area contributed by atoms with Gasteiger partial charge >= 0.3 is 0 Å². The summed E-state index contributed by atoms with van der Waals surface area (Å²) in [5.41, 5.74) is 0.602. The van der Waals surface area contributed by atoms with Gasteiger partial charge < -0.3 is 0 Å². The minimum Gasteiger partial charge on any atom is -0.225 e. The fourth-order valence-electron chi connectivity index (χ4n) is 1.67. The Balaban J connectivity index is 2.10. The number of hydrogen-bond donors (Lipinski definition) is 2. The molecule has 9 heteroatoms. The molecule has 0 saturated carbocycles. The molecule has 0 spiro atoms. The van der Waals surface area contributed by atoms with Gasteiger partial charge in [0.15, 0.2) is 0 Å². The zero-order valence-corrected chi connectivity index (χ0v) is 13.6. The quantitative estimate of drug-likeness (QED) is 0.841. The third-order valence-electron chi connectivity index (χ3n) is 2.84. The minimum atomic E-state index is -3.76. The Morgan fingerprint density at radius 1 is 0.864 bits per heavy atom. The van der Waals surface area contributed by atoms with Crippen LogP contribution in [0.25, 0.3) is 0 Å². The summed E-state index contributed by atoms with van der Waals surface area (Å²) in [5.74, 6) is 0. The molecule has 0 aliphatic carbocycles. The van der Waals surface area contributed by atoms with E-state index in [0.29, 0.717) is 10.6 Å². The van der Waals surface area contributed by atoms with E-state index < -0.39 is 20.0 Å². The molecule has 22 heavy (non-hydrogen) atoms. The molecule has 0 heterocycles. The SMILES string of the molecule is NS(=O)(=O)c1ccc(CNS(=O)(=O)c2ccc(Cl)cc2)cc1. The lowest BCUT2D eigenvalue weighted by Crippen LogP contribution is -2.23. The fourth-order valence-corrected chi connectivity index (χ4v) is 3.33. The molecule has 0 aliphatic rings. The Labute approximate surface area is 134 Å². The zero-order chi connectivity index (χ0) is 16.4. The lowest BCUT2D eigenvalue weighted by Gasteiger charge is -2.07. The van der Waals surface area contributed by atoms with E-state index in [1.54, 1.807) is 0 Å². The Hall–Kier alpha value is -1.45. The van der Waals surface area contributed by atoms with Crippen LogP contribution in [0.1, 0.15) is 5.56 Å². The molecule has 0 radical (unpaired) electrons. The van der Waals surface area contributed by atoms with Crippen molar-refractivity contribution in [2.75, 3.05) is 0 Å². The number of nitrogens with two attached hydrogens (primary N) is 1. The number of halogens is 1. The lowest BCUT2D eigenvalue weighted by atomic mass is 10.2. The second kappa shape index (κ2) is 6.35. The third kappa shape index (κ3) is 4.28. The Morgan fingerprint density at radius 2 is 1.36 bits per heavy atom. The molecule has 0 aromatic heterocycles. The molecule has 118 valence electrons. The van der Waals surface area contributed by atoms with Crippen molar-refractivity contribution < 1.29 is 16.8 Å². The van der Waals surface area contributed by atoms with Crippen LogP contribution in [0.5, 0.6) is 0 Å². The maximum absolute atomic E-state index is 12.1. The predicted molar refractivity (Wildman–Crippen MR) is 83.3 cm³/mol. The van der Waals surface area contributed by atoms with Gasteiger partial charge in [0.05, 0.1) is 9.79 Å². The molecule has 2 aromatic rings. The molecule has 2 aromatic carbocycles. The highest BCUT2D eigenvalue weighted by Gasteiger charge is 2.13. The van der Waals surface area contributed by atoms with Gasteiger partial charge in [-0.05, 0) is 42.0 Å². The molecular formula is C13H13ClN2O4S2. The Bertz CT molecular complexity index is 861. The van der Waals surface area contributed by atoms with Gasteiger partial charge in [0.25, 0.3) is 0 Å². The van der Waals surface area contributed by atoms with E-state index in [9.17, 15) is 16.8 Å². The van der Waals surface area contributed by atoms with Crippen LogP contribution in [0, 0.1) is 0 Å². The highest BCUT2D eigenvalue weighted by molar-refractivity contribution is 7.89. The van der Waals surface area contributed by atoms with Crippen molar-refractivity contribution in [3.63, 3.8) is 0 Å². The van der Waals surface area contributed by atoms with Gasteiger partial charge in [-0.15, -0.1) is 0 Å². The first-order chi connectivity index (χ1) is 10.2. The van der Waals surface area contributed by atoms with Gasteiger partial charge in [-0.1, -0.05) is 23.7 Å². The van der Waals surface area contributed by atoms with Crippen LogP contribution in [0.15, 0.2) is 58.3 Å². The van der Waals surface area contributed by atoms with E-state index in [2.05, 4.69) is 4.72 Å². The molecule has 6 nitrogen and oxygen atoms in total. The van der Waals surface area contributed by atoms with Crippen LogP contribution in [-0.4, -0.2) is 16.8 Å². The normalized spacial score (nSPS) is 12.3. The van der Waals surface area contributed by atoms with Crippen LogP contribution in [-0.2, 0) is 26.6 Å². The number of primary sulfonamides is 1. The molecular weight excluding hydrogens is 348 g/mol. The lowest BCUT2D eigenvalue weighted by molar-refractivity contribution is 0.581. The van der Waals surface area contributed by atoms with Crippen LogP contribution < -0.4 is 9.86 Å². The highest BCUT2D eigenvalue weighted by atomic mass is 35.5. The summed E-state index contributed by atoms with van der Waals surface area (Å²) in [4.78, 5) is 0.0647. The van der Waals surface area contributed by atoms with E-state index >= 15 is 0 Å². The van der Waals surface area contributed by atoms with Gasteiger partial charge in [-0.25, -0.2) is 26.7 Å². The molecule has 0 atom stereocenters. The summed E-state index contributed by atoms with van der Waals surface area (Å²) >= 11 is 5.71. The zero-order valence-electron chi connectivity index (χ0n) is 11.2. The summed E-state index contributed by atoms with van der Waals surface area (Å²) in [5, 5.41) is 5.43. The highest BCUT2D eigenvalue weighted by Crippen LogP contribution is 2.15. The number of rotatable bonds is 5. The van der Waals surface area contributed by atoms with E-state index in [4.69, 9.17) is 16.7 Å². The molecule has 0 aliphatic heterocycles. The summed E-state index contributed by atoms with van der Waals surface area (Å²) in [7, 11) is -7.43. The molecule has 2 rings (SSSR count). The van der Waals surface area contributed by atoms with Gasteiger partial charge in [0.2, 0.25) is 20.0 Å². The molecule has 0 fully saturated rings. The van der Waals surface area contributed by atoms with Crippen LogP contribution in [0.2, 0.25) is 5.02 Å². The fraction of sp³-hybridized carbons (Fsp3) is 0.0769. The summed E-state index contributed by atoms with van der Waals surface area (Å²) in [6.07, 6.45) is 0. The standard InChI is InChI=1S/C13H13ClN2O4S2/c14-11-3-7-13(8-4-11)22(19,20)16-9-10-1-5-12(6-2-10)21(15,17)18/h1-8,16H,9H2,(H2,15,17,18). The van der Waals surface area contributed by atoms with Crippen molar-refractivity contribution in [2.45, 2.75) is 16.3 Å². The van der Waals surface area contributed by atoms with Crippen molar-refractivity contribution in [3.8, 4) is 0 Å². The minimum absolute atomic E-state index is 0.0237. The van der Waals surface area contributed by atoms with Gasteiger partial charge in [-0.2, -0.15) is 0 Å². The monoisotopic (exact) mass is 360 g/mol. The average Bonchev–Trinajstić information content (AvgIpc) is 2.45. The van der Waals surface area contributed by atoms with Crippen molar-refractivity contribution in [3.05, 3.63) is 59.1 Å².